The molecule has 0 saturated heterocycles. The van der Waals surface area contributed by atoms with Crippen LogP contribution in [0.1, 0.15) is 6.92 Å². The summed E-state index contributed by atoms with van der Waals surface area (Å²) in [6.07, 6.45) is 6.13. The molecule has 1 aliphatic carbocycles. The van der Waals surface area contributed by atoms with Crippen molar-refractivity contribution < 1.29 is 19.5 Å². The summed E-state index contributed by atoms with van der Waals surface area (Å²) in [6, 6.07) is 0.229. The maximum Gasteiger partial charge on any atom is 0.193 e. The van der Waals surface area contributed by atoms with Gasteiger partial charge in [-0.1, -0.05) is 18.2 Å². The van der Waals surface area contributed by atoms with E-state index in [1.807, 2.05) is 19.1 Å². The molecular weight excluding hydrogens is 222 g/mol. The zero-order chi connectivity index (χ0) is 7.84. The maximum absolute atomic E-state index is 4.93. The fourth-order valence-corrected chi connectivity index (χ4v) is 1.51. The van der Waals surface area contributed by atoms with Crippen LogP contribution < -0.4 is 5.32 Å². The van der Waals surface area contributed by atoms with Crippen molar-refractivity contribution in [2.45, 2.75) is 13.0 Å². The first-order valence-corrected chi connectivity index (χ1v) is 3.93. The molecule has 12 heavy (non-hydrogen) atoms. The molecule has 0 aromatic rings. The molecule has 0 radical (unpaired) electrons. The van der Waals surface area contributed by atoms with E-state index in [2.05, 4.69) is 16.4 Å². The van der Waals surface area contributed by atoms with Crippen LogP contribution in [0.15, 0.2) is 28.8 Å². The molecule has 0 amide bonds. The van der Waals surface area contributed by atoms with Crippen LogP contribution in [0.2, 0.25) is 0 Å². The smallest absolute Gasteiger partial charge is 0.193 e. The second kappa shape index (κ2) is 3.59. The van der Waals surface area contributed by atoms with Crippen molar-refractivity contribution in [2.75, 3.05) is 0 Å². The van der Waals surface area contributed by atoms with E-state index in [0.29, 0.717) is 5.11 Å². The summed E-state index contributed by atoms with van der Waals surface area (Å²) >= 11 is 4.93. The van der Waals surface area contributed by atoms with Crippen LogP contribution in [-0.2, 0) is 19.5 Å². The van der Waals surface area contributed by atoms with E-state index in [9.17, 15) is 0 Å². The van der Waals surface area contributed by atoms with Crippen molar-refractivity contribution in [3.63, 3.8) is 0 Å². The fourth-order valence-electron chi connectivity index (χ4n) is 1.28. The molecule has 2 aliphatic rings. The molecule has 0 aromatic carbocycles. The van der Waals surface area contributed by atoms with E-state index in [0.717, 1.165) is 5.71 Å². The number of rotatable bonds is 0. The number of nitrogens with one attached hydrogen (secondary N) is 1. The van der Waals surface area contributed by atoms with Crippen molar-refractivity contribution in [2.24, 2.45) is 4.99 Å². The SMILES string of the molecule is CC1=CC=CC2NC(=S)N=C12.[Zn]. The van der Waals surface area contributed by atoms with Gasteiger partial charge in [0.2, 0.25) is 0 Å². The molecule has 0 fully saturated rings. The van der Waals surface area contributed by atoms with Crippen LogP contribution in [0, 0.1) is 0 Å². The minimum atomic E-state index is 0. The number of fused-ring (bicyclic) bond motifs is 1. The van der Waals surface area contributed by atoms with Crippen molar-refractivity contribution in [1.82, 2.24) is 5.32 Å². The van der Waals surface area contributed by atoms with Crippen LogP contribution in [0.25, 0.3) is 0 Å². The van der Waals surface area contributed by atoms with Gasteiger partial charge in [-0.3, -0.25) is 0 Å². The molecule has 58 valence electrons. The van der Waals surface area contributed by atoms with E-state index in [4.69, 9.17) is 12.2 Å². The van der Waals surface area contributed by atoms with Gasteiger partial charge in [0, 0.05) is 19.5 Å². The Labute approximate surface area is 89.6 Å². The summed E-state index contributed by atoms with van der Waals surface area (Å²) < 4.78 is 0. The summed E-state index contributed by atoms with van der Waals surface area (Å²) in [5.41, 5.74) is 2.27. The monoisotopic (exact) mass is 228 g/mol. The molecule has 1 N–H and O–H groups in total. The quantitative estimate of drug-likeness (QED) is 0.499. The Morgan fingerprint density at radius 3 is 3.00 bits per heavy atom. The Kier molecular flexibility index (Phi) is 2.91. The average molecular weight is 230 g/mol. The molecule has 4 heteroatoms. The largest absolute Gasteiger partial charge is 0.349 e. The van der Waals surface area contributed by atoms with Crippen LogP contribution in [-0.4, -0.2) is 16.9 Å². The van der Waals surface area contributed by atoms with E-state index in [1.54, 1.807) is 0 Å². The first kappa shape index (κ1) is 9.75. The van der Waals surface area contributed by atoms with Crippen LogP contribution in [0.3, 0.4) is 0 Å². The predicted molar refractivity (Wildman–Crippen MR) is 49.9 cm³/mol. The number of thiocarbonyl (C=S) groups is 1. The number of hydrogen-bond acceptors (Lipinski definition) is 1. The van der Waals surface area contributed by atoms with Gasteiger partial charge in [-0.25, -0.2) is 4.99 Å². The second-order valence-electron chi connectivity index (χ2n) is 2.66. The van der Waals surface area contributed by atoms with Crippen molar-refractivity contribution in [3.8, 4) is 0 Å². The maximum atomic E-state index is 4.93. The Balaban J connectivity index is 0.000000720. The topological polar surface area (TPSA) is 24.4 Å². The second-order valence-corrected chi connectivity index (χ2v) is 3.05. The molecule has 1 unspecified atom stereocenters. The van der Waals surface area contributed by atoms with Gasteiger partial charge in [-0.2, -0.15) is 0 Å². The summed E-state index contributed by atoms with van der Waals surface area (Å²) in [6.45, 7) is 2.05. The zero-order valence-corrected chi connectivity index (χ0v) is 10.7. The molecule has 0 spiro atoms. The Morgan fingerprint density at radius 2 is 2.33 bits per heavy atom. The molecule has 0 aromatic heterocycles. The molecule has 1 aliphatic heterocycles. The van der Waals surface area contributed by atoms with Crippen LogP contribution in [0.5, 0.6) is 0 Å². The van der Waals surface area contributed by atoms with Crippen LogP contribution in [0.4, 0.5) is 0 Å². The Morgan fingerprint density at radius 1 is 1.58 bits per heavy atom. The van der Waals surface area contributed by atoms with Gasteiger partial charge in [0.25, 0.3) is 0 Å². The van der Waals surface area contributed by atoms with Crippen molar-refractivity contribution in [1.29, 1.82) is 0 Å². The third-order valence-corrected chi connectivity index (χ3v) is 2.06. The van der Waals surface area contributed by atoms with E-state index < -0.39 is 0 Å². The van der Waals surface area contributed by atoms with Gasteiger partial charge in [-0.05, 0) is 24.7 Å². The standard InChI is InChI=1S/C8H8N2S.Zn/c1-5-3-2-4-6-7(5)10-8(11)9-6;/h2-4,6H,1H3,(H,9,11);. The number of allylic oxidation sites excluding steroid dienone is 2. The summed E-state index contributed by atoms with van der Waals surface area (Å²) in [5.74, 6) is 0. The van der Waals surface area contributed by atoms with Gasteiger partial charge in [0.15, 0.2) is 5.11 Å². The predicted octanol–water partition coefficient (Wildman–Crippen LogP) is 1.20. The summed E-state index contributed by atoms with van der Waals surface area (Å²) in [4.78, 5) is 4.21. The third-order valence-electron chi connectivity index (χ3n) is 1.85. The van der Waals surface area contributed by atoms with Gasteiger partial charge in [0.05, 0.1) is 11.8 Å². The first-order chi connectivity index (χ1) is 5.27. The number of aliphatic imine (C=N–C) groups is 1. The molecule has 1 heterocycles. The van der Waals surface area contributed by atoms with E-state index in [-0.39, 0.29) is 25.5 Å². The minimum Gasteiger partial charge on any atom is -0.349 e. The third kappa shape index (κ3) is 1.55. The normalized spacial score (nSPS) is 25.1. The molecule has 2 nitrogen and oxygen atoms in total. The van der Waals surface area contributed by atoms with E-state index in [1.165, 1.54) is 5.57 Å². The van der Waals surface area contributed by atoms with Gasteiger partial charge in [0.1, 0.15) is 0 Å². The molecule has 0 saturated carbocycles. The number of nitrogens with zero attached hydrogens (tertiary/aromatic N) is 1. The fraction of sp³-hybridized carbons (Fsp3) is 0.250. The van der Waals surface area contributed by atoms with E-state index >= 15 is 0 Å². The Bertz CT molecular complexity index is 304. The number of hydrogen-bond donors (Lipinski definition) is 1. The van der Waals surface area contributed by atoms with Crippen molar-refractivity contribution in [3.05, 3.63) is 23.8 Å². The van der Waals surface area contributed by atoms with Crippen LogP contribution >= 0.6 is 12.2 Å². The first-order valence-electron chi connectivity index (χ1n) is 3.52. The zero-order valence-electron chi connectivity index (χ0n) is 6.87. The van der Waals surface area contributed by atoms with Crippen molar-refractivity contribution >= 4 is 23.0 Å². The molecular formula is C8H8N2SZn. The molecule has 1 atom stereocenters. The molecule has 2 rings (SSSR count). The summed E-state index contributed by atoms with van der Waals surface area (Å²) in [5, 5.41) is 3.69. The Hall–Kier alpha value is -0.337. The summed E-state index contributed by atoms with van der Waals surface area (Å²) in [7, 11) is 0. The van der Waals surface area contributed by atoms with Gasteiger partial charge in [-0.15, -0.1) is 0 Å². The molecule has 0 bridgehead atoms. The van der Waals surface area contributed by atoms with Gasteiger partial charge >= 0.3 is 0 Å². The minimum absolute atomic E-state index is 0. The average Bonchev–Trinajstić information content (AvgIpc) is 2.31. The van der Waals surface area contributed by atoms with Gasteiger partial charge < -0.3 is 5.32 Å².